The van der Waals surface area contributed by atoms with Gasteiger partial charge in [0.15, 0.2) is 0 Å². The topological polar surface area (TPSA) is 54.4 Å². The molecule has 4 heteroatoms. The van der Waals surface area contributed by atoms with E-state index >= 15 is 0 Å². The molecule has 1 heterocycles. The molecule has 0 saturated carbocycles. The predicted octanol–water partition coefficient (Wildman–Crippen LogP) is 1.77. The SMILES string of the molecule is OCCOCCNC(c1ccccc1)c1ccccn1. The zero-order valence-corrected chi connectivity index (χ0v) is 11.4. The van der Waals surface area contributed by atoms with Crippen LogP contribution in [0.25, 0.3) is 0 Å². The quantitative estimate of drug-likeness (QED) is 0.719. The third-order valence-corrected chi connectivity index (χ3v) is 2.95. The summed E-state index contributed by atoms with van der Waals surface area (Å²) in [7, 11) is 0. The van der Waals surface area contributed by atoms with Crippen LogP contribution in [-0.2, 0) is 4.74 Å². The Morgan fingerprint density at radius 1 is 1.05 bits per heavy atom. The van der Waals surface area contributed by atoms with Gasteiger partial charge in [-0.2, -0.15) is 0 Å². The van der Waals surface area contributed by atoms with Gasteiger partial charge < -0.3 is 15.2 Å². The Bertz CT molecular complexity index is 437. The maximum absolute atomic E-state index is 8.68. The van der Waals surface area contributed by atoms with Gasteiger partial charge in [-0.1, -0.05) is 36.4 Å². The van der Waals surface area contributed by atoms with E-state index < -0.39 is 0 Å². The smallest absolute Gasteiger partial charge is 0.0752 e. The van der Waals surface area contributed by atoms with Crippen LogP contribution >= 0.6 is 0 Å². The molecule has 0 bridgehead atoms. The summed E-state index contributed by atoms with van der Waals surface area (Å²) in [5, 5.41) is 12.1. The molecule has 1 aromatic heterocycles. The highest BCUT2D eigenvalue weighted by atomic mass is 16.5. The van der Waals surface area contributed by atoms with E-state index in [1.165, 1.54) is 5.56 Å². The van der Waals surface area contributed by atoms with E-state index in [9.17, 15) is 0 Å². The monoisotopic (exact) mass is 272 g/mol. The molecule has 0 aliphatic heterocycles. The number of aliphatic hydroxyl groups is 1. The molecule has 2 aromatic rings. The first-order valence-corrected chi connectivity index (χ1v) is 6.79. The number of aliphatic hydroxyl groups excluding tert-OH is 1. The Morgan fingerprint density at radius 2 is 1.85 bits per heavy atom. The zero-order chi connectivity index (χ0) is 14.0. The summed E-state index contributed by atoms with van der Waals surface area (Å²) in [4.78, 5) is 4.43. The van der Waals surface area contributed by atoms with Crippen LogP contribution < -0.4 is 5.32 Å². The minimum absolute atomic E-state index is 0.0510. The Labute approximate surface area is 119 Å². The number of nitrogens with zero attached hydrogens (tertiary/aromatic N) is 1. The van der Waals surface area contributed by atoms with Crippen LogP contribution in [-0.4, -0.2) is 36.5 Å². The summed E-state index contributed by atoms with van der Waals surface area (Å²) < 4.78 is 5.27. The van der Waals surface area contributed by atoms with E-state index in [1.54, 1.807) is 6.20 Å². The predicted molar refractivity (Wildman–Crippen MR) is 78.4 cm³/mol. The highest BCUT2D eigenvalue weighted by Gasteiger charge is 2.13. The van der Waals surface area contributed by atoms with E-state index in [4.69, 9.17) is 9.84 Å². The van der Waals surface area contributed by atoms with Gasteiger partial charge in [-0.15, -0.1) is 0 Å². The lowest BCUT2D eigenvalue weighted by molar-refractivity contribution is 0.0931. The van der Waals surface area contributed by atoms with E-state index in [-0.39, 0.29) is 12.6 Å². The Balaban J connectivity index is 2.02. The van der Waals surface area contributed by atoms with Gasteiger partial charge in [-0.3, -0.25) is 4.98 Å². The highest BCUT2D eigenvalue weighted by Crippen LogP contribution is 2.19. The fraction of sp³-hybridized carbons (Fsp3) is 0.312. The molecule has 0 amide bonds. The van der Waals surface area contributed by atoms with Gasteiger partial charge in [0.25, 0.3) is 0 Å². The van der Waals surface area contributed by atoms with Crippen LogP contribution in [0.4, 0.5) is 0 Å². The molecule has 20 heavy (non-hydrogen) atoms. The van der Waals surface area contributed by atoms with Crippen LogP contribution in [0.3, 0.4) is 0 Å². The number of nitrogens with one attached hydrogen (secondary N) is 1. The Morgan fingerprint density at radius 3 is 2.55 bits per heavy atom. The average molecular weight is 272 g/mol. The molecular formula is C16H20N2O2. The molecule has 2 N–H and O–H groups in total. The molecular weight excluding hydrogens is 252 g/mol. The molecule has 106 valence electrons. The van der Waals surface area contributed by atoms with Crippen molar-refractivity contribution in [3.63, 3.8) is 0 Å². The molecule has 2 rings (SSSR count). The standard InChI is InChI=1S/C16H20N2O2/c19-11-13-20-12-10-18-16(14-6-2-1-3-7-14)15-8-4-5-9-17-15/h1-9,16,18-19H,10-13H2. The first kappa shape index (κ1) is 14.7. The average Bonchev–Trinajstić information content (AvgIpc) is 2.53. The van der Waals surface area contributed by atoms with Gasteiger partial charge in [-0.25, -0.2) is 0 Å². The van der Waals surface area contributed by atoms with E-state index in [2.05, 4.69) is 22.4 Å². The van der Waals surface area contributed by atoms with Crippen molar-refractivity contribution >= 4 is 0 Å². The van der Waals surface area contributed by atoms with E-state index in [0.717, 1.165) is 5.69 Å². The third-order valence-electron chi connectivity index (χ3n) is 2.95. The van der Waals surface area contributed by atoms with Crippen molar-refractivity contribution in [3.05, 3.63) is 66.0 Å². The Hall–Kier alpha value is -1.75. The van der Waals surface area contributed by atoms with Crippen molar-refractivity contribution in [3.8, 4) is 0 Å². The second kappa shape index (κ2) is 8.43. The van der Waals surface area contributed by atoms with Crippen LogP contribution in [0.1, 0.15) is 17.3 Å². The molecule has 0 spiro atoms. The summed E-state index contributed by atoms with van der Waals surface area (Å²) in [5.74, 6) is 0. The summed E-state index contributed by atoms with van der Waals surface area (Å²) >= 11 is 0. The molecule has 0 radical (unpaired) electrons. The van der Waals surface area contributed by atoms with Crippen LogP contribution in [0, 0.1) is 0 Å². The van der Waals surface area contributed by atoms with Crippen molar-refractivity contribution in [2.75, 3.05) is 26.4 Å². The van der Waals surface area contributed by atoms with Crippen LogP contribution in [0.15, 0.2) is 54.7 Å². The number of hydrogen-bond donors (Lipinski definition) is 2. The molecule has 4 nitrogen and oxygen atoms in total. The highest BCUT2D eigenvalue weighted by molar-refractivity contribution is 5.27. The molecule has 1 aromatic carbocycles. The number of pyridine rings is 1. The van der Waals surface area contributed by atoms with Gasteiger partial charge >= 0.3 is 0 Å². The largest absolute Gasteiger partial charge is 0.394 e. The summed E-state index contributed by atoms with van der Waals surface area (Å²) in [5.41, 5.74) is 2.16. The van der Waals surface area contributed by atoms with Gasteiger partial charge in [0.05, 0.1) is 31.6 Å². The van der Waals surface area contributed by atoms with Crippen LogP contribution in [0.5, 0.6) is 0 Å². The maximum atomic E-state index is 8.68. The molecule has 1 unspecified atom stereocenters. The van der Waals surface area contributed by atoms with Gasteiger partial charge in [0, 0.05) is 12.7 Å². The molecule has 0 saturated heterocycles. The summed E-state index contributed by atoms with van der Waals surface area (Å²) in [6.07, 6.45) is 1.80. The fourth-order valence-electron chi connectivity index (χ4n) is 2.03. The first-order chi connectivity index (χ1) is 9.92. The molecule has 0 aliphatic carbocycles. The number of benzene rings is 1. The maximum Gasteiger partial charge on any atom is 0.0752 e. The van der Waals surface area contributed by atoms with E-state index in [1.807, 2.05) is 36.4 Å². The lowest BCUT2D eigenvalue weighted by atomic mass is 10.0. The zero-order valence-electron chi connectivity index (χ0n) is 11.4. The number of ether oxygens (including phenoxy) is 1. The van der Waals surface area contributed by atoms with Crippen molar-refractivity contribution < 1.29 is 9.84 Å². The van der Waals surface area contributed by atoms with Crippen molar-refractivity contribution in [1.29, 1.82) is 0 Å². The minimum Gasteiger partial charge on any atom is -0.394 e. The van der Waals surface area contributed by atoms with Crippen molar-refractivity contribution in [2.24, 2.45) is 0 Å². The van der Waals surface area contributed by atoms with Crippen molar-refractivity contribution in [1.82, 2.24) is 10.3 Å². The minimum atomic E-state index is 0.0510. The van der Waals surface area contributed by atoms with Gasteiger partial charge in [-0.05, 0) is 17.7 Å². The molecule has 1 atom stereocenters. The van der Waals surface area contributed by atoms with Crippen molar-refractivity contribution in [2.45, 2.75) is 6.04 Å². The Kier molecular flexibility index (Phi) is 6.17. The number of aromatic nitrogens is 1. The summed E-state index contributed by atoms with van der Waals surface area (Å²) in [6, 6.07) is 16.2. The summed E-state index contributed by atoms with van der Waals surface area (Å²) in [6.45, 7) is 1.70. The third kappa shape index (κ3) is 4.42. The van der Waals surface area contributed by atoms with Crippen LogP contribution in [0.2, 0.25) is 0 Å². The van der Waals surface area contributed by atoms with E-state index in [0.29, 0.717) is 19.8 Å². The molecule has 0 aliphatic rings. The number of hydrogen-bond acceptors (Lipinski definition) is 4. The number of rotatable bonds is 8. The molecule has 0 fully saturated rings. The van der Waals surface area contributed by atoms with Gasteiger partial charge in [0.1, 0.15) is 0 Å². The second-order valence-corrected chi connectivity index (χ2v) is 4.39. The van der Waals surface area contributed by atoms with Gasteiger partial charge in [0.2, 0.25) is 0 Å². The second-order valence-electron chi connectivity index (χ2n) is 4.39. The normalized spacial score (nSPS) is 12.2. The lowest BCUT2D eigenvalue weighted by Gasteiger charge is -2.18. The fourth-order valence-corrected chi connectivity index (χ4v) is 2.03. The lowest BCUT2D eigenvalue weighted by Crippen LogP contribution is -2.27. The first-order valence-electron chi connectivity index (χ1n) is 6.79.